The number of anilines is 3. The molecule has 3 aromatic rings. The van der Waals surface area contributed by atoms with Crippen LogP contribution in [0.1, 0.15) is 5.56 Å². The zero-order chi connectivity index (χ0) is 21.8. The second-order valence-electron chi connectivity index (χ2n) is 6.81. The van der Waals surface area contributed by atoms with E-state index < -0.39 is 11.6 Å². The minimum Gasteiger partial charge on any atom is -0.326 e. The van der Waals surface area contributed by atoms with Crippen molar-refractivity contribution >= 4 is 40.8 Å². The van der Waals surface area contributed by atoms with Crippen LogP contribution >= 0.6 is 11.8 Å². The molecule has 0 unspecified atom stereocenters. The Labute approximate surface area is 181 Å². The van der Waals surface area contributed by atoms with Gasteiger partial charge in [0, 0.05) is 35.9 Å². The predicted octanol–water partition coefficient (Wildman–Crippen LogP) is 4.69. The Hall–Kier alpha value is -3.46. The third kappa shape index (κ3) is 5.00. The van der Waals surface area contributed by atoms with E-state index in [0.29, 0.717) is 17.8 Å². The van der Waals surface area contributed by atoms with E-state index in [0.717, 1.165) is 28.6 Å². The minimum atomic E-state index is -1.02. The van der Waals surface area contributed by atoms with Crippen LogP contribution in [0.3, 0.4) is 0 Å². The molecule has 4 rings (SSSR count). The molecule has 2 aromatic carbocycles. The summed E-state index contributed by atoms with van der Waals surface area (Å²) in [5.41, 5.74) is 2.27. The van der Waals surface area contributed by atoms with E-state index in [1.165, 1.54) is 6.07 Å². The molecule has 1 aromatic heterocycles. The third-order valence-electron chi connectivity index (χ3n) is 4.61. The molecule has 0 saturated heterocycles. The fourth-order valence-electron chi connectivity index (χ4n) is 3.13. The van der Waals surface area contributed by atoms with Gasteiger partial charge in [0.15, 0.2) is 11.6 Å². The maximum atomic E-state index is 13.3. The lowest BCUT2D eigenvalue weighted by molar-refractivity contribution is -0.115. The normalized spacial score (nSPS) is 12.8. The molecule has 1 aliphatic heterocycles. The SMILES string of the molecule is O=C(Cc1ccc(NC(=O)N2CCSc3ncccc32)cc1)Nc1ccc(F)c(F)c1. The summed E-state index contributed by atoms with van der Waals surface area (Å²) in [5, 5.41) is 6.21. The second-order valence-corrected chi connectivity index (χ2v) is 7.89. The van der Waals surface area contributed by atoms with Gasteiger partial charge in [-0.2, -0.15) is 0 Å². The summed E-state index contributed by atoms with van der Waals surface area (Å²) in [4.78, 5) is 30.8. The first-order valence-electron chi connectivity index (χ1n) is 9.50. The van der Waals surface area contributed by atoms with Gasteiger partial charge in [0.25, 0.3) is 0 Å². The highest BCUT2D eigenvalue weighted by Gasteiger charge is 2.23. The highest BCUT2D eigenvalue weighted by Crippen LogP contribution is 2.32. The molecule has 9 heteroatoms. The number of halogens is 2. The number of aromatic nitrogens is 1. The van der Waals surface area contributed by atoms with Gasteiger partial charge in [0.2, 0.25) is 5.91 Å². The maximum absolute atomic E-state index is 13.3. The van der Waals surface area contributed by atoms with Crippen molar-refractivity contribution in [3.63, 3.8) is 0 Å². The third-order valence-corrected chi connectivity index (χ3v) is 5.59. The molecule has 2 heterocycles. The fourth-order valence-corrected chi connectivity index (χ4v) is 4.05. The summed E-state index contributed by atoms with van der Waals surface area (Å²) >= 11 is 1.62. The summed E-state index contributed by atoms with van der Waals surface area (Å²) < 4.78 is 26.2. The highest BCUT2D eigenvalue weighted by atomic mass is 32.2. The number of urea groups is 1. The molecule has 31 heavy (non-hydrogen) atoms. The fraction of sp³-hybridized carbons (Fsp3) is 0.136. The number of nitrogens with one attached hydrogen (secondary N) is 2. The molecule has 6 nitrogen and oxygen atoms in total. The molecule has 0 radical (unpaired) electrons. The van der Waals surface area contributed by atoms with Crippen LogP contribution in [0.15, 0.2) is 65.8 Å². The van der Waals surface area contributed by atoms with Crippen molar-refractivity contribution in [2.45, 2.75) is 11.4 Å². The van der Waals surface area contributed by atoms with E-state index in [9.17, 15) is 18.4 Å². The Morgan fingerprint density at radius 3 is 2.55 bits per heavy atom. The van der Waals surface area contributed by atoms with Gasteiger partial charge in [-0.15, -0.1) is 11.8 Å². The molecule has 0 saturated carbocycles. The van der Waals surface area contributed by atoms with Crippen molar-refractivity contribution in [1.29, 1.82) is 0 Å². The number of amides is 3. The standard InChI is InChI=1S/C22H18F2N4O2S/c23-17-8-7-16(13-18(17)24)26-20(29)12-14-3-5-15(6-4-14)27-22(30)28-10-11-31-21-19(28)2-1-9-25-21/h1-9,13H,10-12H2,(H,26,29)(H,27,30). The van der Waals surface area contributed by atoms with E-state index in [4.69, 9.17) is 0 Å². The molecule has 1 aliphatic rings. The van der Waals surface area contributed by atoms with E-state index in [2.05, 4.69) is 15.6 Å². The average Bonchev–Trinajstić information content (AvgIpc) is 2.77. The lowest BCUT2D eigenvalue weighted by Crippen LogP contribution is -2.38. The number of hydrogen-bond acceptors (Lipinski definition) is 4. The number of thioether (sulfide) groups is 1. The molecule has 158 valence electrons. The Bertz CT molecular complexity index is 1120. The molecule has 0 fully saturated rings. The number of pyridine rings is 1. The van der Waals surface area contributed by atoms with E-state index >= 15 is 0 Å². The van der Waals surface area contributed by atoms with Crippen molar-refractivity contribution in [2.24, 2.45) is 0 Å². The quantitative estimate of drug-likeness (QED) is 0.618. The predicted molar refractivity (Wildman–Crippen MR) is 116 cm³/mol. The van der Waals surface area contributed by atoms with Gasteiger partial charge in [0.05, 0.1) is 12.1 Å². The number of hydrogen-bond donors (Lipinski definition) is 2. The van der Waals surface area contributed by atoms with Crippen molar-refractivity contribution in [3.05, 3.63) is 78.0 Å². The van der Waals surface area contributed by atoms with Crippen LogP contribution in [0.25, 0.3) is 0 Å². The first-order chi connectivity index (χ1) is 15.0. The van der Waals surface area contributed by atoms with Crippen LogP contribution in [-0.2, 0) is 11.2 Å². The van der Waals surface area contributed by atoms with Gasteiger partial charge in [-0.1, -0.05) is 12.1 Å². The molecule has 2 N–H and O–H groups in total. The largest absolute Gasteiger partial charge is 0.326 e. The number of carbonyl (C=O) groups is 2. The lowest BCUT2D eigenvalue weighted by Gasteiger charge is -2.28. The van der Waals surface area contributed by atoms with Gasteiger partial charge >= 0.3 is 6.03 Å². The molecule has 0 aliphatic carbocycles. The number of fused-ring (bicyclic) bond motifs is 1. The number of rotatable bonds is 4. The zero-order valence-corrected chi connectivity index (χ0v) is 17.1. The minimum absolute atomic E-state index is 0.0512. The Morgan fingerprint density at radius 1 is 1.00 bits per heavy atom. The van der Waals surface area contributed by atoms with Gasteiger partial charge in [-0.25, -0.2) is 18.6 Å². The zero-order valence-electron chi connectivity index (χ0n) is 16.3. The van der Waals surface area contributed by atoms with Crippen LogP contribution in [0, 0.1) is 11.6 Å². The number of carbonyl (C=O) groups excluding carboxylic acids is 2. The highest BCUT2D eigenvalue weighted by molar-refractivity contribution is 7.99. The van der Waals surface area contributed by atoms with Gasteiger partial charge in [-0.3, -0.25) is 9.69 Å². The Balaban J connectivity index is 1.35. The van der Waals surface area contributed by atoms with Crippen molar-refractivity contribution in [2.75, 3.05) is 27.8 Å². The molecule has 0 bridgehead atoms. The molecule has 3 amide bonds. The maximum Gasteiger partial charge on any atom is 0.326 e. The summed E-state index contributed by atoms with van der Waals surface area (Å²) in [7, 11) is 0. The second kappa shape index (κ2) is 9.13. The molecular formula is C22H18F2N4O2S. The molecule has 0 spiro atoms. The number of nitrogens with zero attached hydrogens (tertiary/aromatic N) is 2. The smallest absolute Gasteiger partial charge is 0.326 e. The Kier molecular flexibility index (Phi) is 6.13. The van der Waals surface area contributed by atoms with Crippen LogP contribution < -0.4 is 15.5 Å². The van der Waals surface area contributed by atoms with E-state index in [1.54, 1.807) is 53.2 Å². The first kappa shape index (κ1) is 20.8. The topological polar surface area (TPSA) is 74.3 Å². The number of benzene rings is 2. The van der Waals surface area contributed by atoms with Crippen LogP contribution in [-0.4, -0.2) is 29.2 Å². The van der Waals surface area contributed by atoms with Gasteiger partial charge in [-0.05, 0) is 42.0 Å². The van der Waals surface area contributed by atoms with Crippen LogP contribution in [0.2, 0.25) is 0 Å². The van der Waals surface area contributed by atoms with Crippen LogP contribution in [0.4, 0.5) is 30.6 Å². The summed E-state index contributed by atoms with van der Waals surface area (Å²) in [5.74, 6) is -1.59. The van der Waals surface area contributed by atoms with Gasteiger partial charge in [0.1, 0.15) is 5.03 Å². The molecular weight excluding hydrogens is 422 g/mol. The van der Waals surface area contributed by atoms with E-state index in [-0.39, 0.29) is 24.0 Å². The first-order valence-corrected chi connectivity index (χ1v) is 10.5. The average molecular weight is 440 g/mol. The summed E-state index contributed by atoms with van der Waals surface area (Å²) in [6.45, 7) is 0.581. The van der Waals surface area contributed by atoms with Crippen molar-refractivity contribution in [3.8, 4) is 0 Å². The van der Waals surface area contributed by atoms with Crippen molar-refractivity contribution in [1.82, 2.24) is 4.98 Å². The summed E-state index contributed by atoms with van der Waals surface area (Å²) in [6, 6.07) is 13.5. The van der Waals surface area contributed by atoms with Crippen LogP contribution in [0.5, 0.6) is 0 Å². The Morgan fingerprint density at radius 2 is 1.77 bits per heavy atom. The van der Waals surface area contributed by atoms with Crippen molar-refractivity contribution < 1.29 is 18.4 Å². The summed E-state index contributed by atoms with van der Waals surface area (Å²) in [6.07, 6.45) is 1.75. The molecule has 0 atom stereocenters. The monoisotopic (exact) mass is 440 g/mol. The van der Waals surface area contributed by atoms with Gasteiger partial charge < -0.3 is 10.6 Å². The lowest BCUT2D eigenvalue weighted by atomic mass is 10.1. The van der Waals surface area contributed by atoms with E-state index in [1.807, 2.05) is 6.07 Å².